The lowest BCUT2D eigenvalue weighted by Crippen LogP contribution is -1.92. The van der Waals surface area contributed by atoms with Crippen LogP contribution in [0.4, 0.5) is 5.69 Å². The molecule has 0 saturated heterocycles. The summed E-state index contributed by atoms with van der Waals surface area (Å²) in [7, 11) is 1.61. The van der Waals surface area contributed by atoms with Gasteiger partial charge in [0.25, 0.3) is 0 Å². The molecular formula is C14H11ClN2OS. The van der Waals surface area contributed by atoms with Crippen LogP contribution in [0.3, 0.4) is 0 Å². The van der Waals surface area contributed by atoms with E-state index in [1.54, 1.807) is 31.4 Å². The van der Waals surface area contributed by atoms with Crippen molar-refractivity contribution in [2.24, 2.45) is 0 Å². The molecule has 2 aromatic rings. The molecule has 0 aliphatic heterocycles. The number of nitrogens with one attached hydrogen (secondary N) is 1. The highest BCUT2D eigenvalue weighted by atomic mass is 35.5. The largest absolute Gasteiger partial charge is 0.495 e. The first-order valence-electron chi connectivity index (χ1n) is 5.49. The fraction of sp³-hybridized carbons (Fsp3) is 0.0714. The van der Waals surface area contributed by atoms with Crippen molar-refractivity contribution in [3.63, 3.8) is 0 Å². The normalized spacial score (nSPS) is 9.74. The molecule has 1 N–H and O–H groups in total. The second-order valence-electron chi connectivity index (χ2n) is 3.68. The molecule has 0 aromatic heterocycles. The van der Waals surface area contributed by atoms with Crippen molar-refractivity contribution in [2.75, 3.05) is 11.8 Å². The predicted molar refractivity (Wildman–Crippen MR) is 78.6 cm³/mol. The van der Waals surface area contributed by atoms with Gasteiger partial charge in [0.15, 0.2) is 0 Å². The summed E-state index contributed by atoms with van der Waals surface area (Å²) in [5.74, 6) is 0.727. The molecule has 0 atom stereocenters. The second kappa shape index (κ2) is 6.37. The number of hydrogen-bond donors (Lipinski definition) is 1. The molecule has 0 amide bonds. The van der Waals surface area contributed by atoms with Gasteiger partial charge in [-0.15, -0.1) is 0 Å². The van der Waals surface area contributed by atoms with Crippen molar-refractivity contribution in [1.29, 1.82) is 5.26 Å². The van der Waals surface area contributed by atoms with Gasteiger partial charge in [-0.25, -0.2) is 0 Å². The lowest BCUT2D eigenvalue weighted by molar-refractivity contribution is 0.417. The summed E-state index contributed by atoms with van der Waals surface area (Å²) in [6.45, 7) is 0. The zero-order chi connectivity index (χ0) is 13.7. The van der Waals surface area contributed by atoms with Gasteiger partial charge in [-0.3, -0.25) is 0 Å². The van der Waals surface area contributed by atoms with Gasteiger partial charge < -0.3 is 9.46 Å². The molecule has 19 heavy (non-hydrogen) atoms. The molecule has 5 heteroatoms. The van der Waals surface area contributed by atoms with Crippen LogP contribution < -0.4 is 9.46 Å². The number of hydrogen-bond acceptors (Lipinski definition) is 4. The minimum atomic E-state index is 0.642. The van der Waals surface area contributed by atoms with Gasteiger partial charge in [0.1, 0.15) is 5.75 Å². The zero-order valence-corrected chi connectivity index (χ0v) is 11.8. The summed E-state index contributed by atoms with van der Waals surface area (Å²) in [6, 6.07) is 14.8. The summed E-state index contributed by atoms with van der Waals surface area (Å²) in [5.41, 5.74) is 1.45. The van der Waals surface area contributed by atoms with Crippen molar-refractivity contribution in [3.05, 3.63) is 53.1 Å². The topological polar surface area (TPSA) is 45.0 Å². The average molecular weight is 291 g/mol. The number of methoxy groups -OCH3 is 1. The lowest BCUT2D eigenvalue weighted by Gasteiger charge is -2.10. The molecule has 0 radical (unpaired) electrons. The van der Waals surface area contributed by atoms with Crippen LogP contribution in [0.15, 0.2) is 47.4 Å². The minimum Gasteiger partial charge on any atom is -0.495 e. The monoisotopic (exact) mass is 290 g/mol. The molecule has 0 fully saturated rings. The van der Waals surface area contributed by atoms with E-state index in [0.717, 1.165) is 16.3 Å². The van der Waals surface area contributed by atoms with Gasteiger partial charge in [-0.2, -0.15) is 5.26 Å². The van der Waals surface area contributed by atoms with Crippen LogP contribution in [0.2, 0.25) is 5.02 Å². The van der Waals surface area contributed by atoms with Crippen LogP contribution in [0.25, 0.3) is 0 Å². The van der Waals surface area contributed by atoms with E-state index in [4.69, 9.17) is 21.6 Å². The van der Waals surface area contributed by atoms with Gasteiger partial charge >= 0.3 is 0 Å². The molecule has 0 unspecified atom stereocenters. The van der Waals surface area contributed by atoms with E-state index in [9.17, 15) is 0 Å². The summed E-state index contributed by atoms with van der Waals surface area (Å²) < 4.78 is 8.43. The van der Waals surface area contributed by atoms with Crippen LogP contribution in [0.1, 0.15) is 5.56 Å². The molecule has 0 heterocycles. The first-order valence-corrected chi connectivity index (χ1v) is 6.69. The third-order valence-corrected chi connectivity index (χ3v) is 3.49. The van der Waals surface area contributed by atoms with Crippen LogP contribution in [0.5, 0.6) is 5.75 Å². The summed E-state index contributed by atoms with van der Waals surface area (Å²) >= 11 is 7.39. The van der Waals surface area contributed by atoms with E-state index in [2.05, 4.69) is 10.8 Å². The molecule has 3 nitrogen and oxygen atoms in total. The van der Waals surface area contributed by atoms with E-state index < -0.39 is 0 Å². The van der Waals surface area contributed by atoms with Gasteiger partial charge in [0.2, 0.25) is 0 Å². The lowest BCUT2D eigenvalue weighted by atomic mass is 10.2. The Balaban J connectivity index is 2.09. The van der Waals surface area contributed by atoms with Gasteiger partial charge in [-0.05, 0) is 54.4 Å². The molecule has 96 valence electrons. The maximum absolute atomic E-state index is 8.73. The number of halogens is 1. The average Bonchev–Trinajstić information content (AvgIpc) is 2.46. The summed E-state index contributed by atoms with van der Waals surface area (Å²) in [5, 5.41) is 9.37. The number of rotatable bonds is 4. The maximum atomic E-state index is 8.73. The van der Waals surface area contributed by atoms with E-state index in [0.29, 0.717) is 10.6 Å². The smallest absolute Gasteiger partial charge is 0.142 e. The fourth-order valence-corrected chi connectivity index (χ4v) is 2.30. The molecule has 0 saturated carbocycles. The van der Waals surface area contributed by atoms with E-state index >= 15 is 0 Å². The van der Waals surface area contributed by atoms with E-state index in [-0.39, 0.29) is 0 Å². The highest BCUT2D eigenvalue weighted by Crippen LogP contribution is 2.31. The molecule has 2 rings (SSSR count). The second-order valence-corrected chi connectivity index (χ2v) is 5.00. The Morgan fingerprint density at radius 1 is 1.21 bits per heavy atom. The molecular weight excluding hydrogens is 280 g/mol. The minimum absolute atomic E-state index is 0.642. The van der Waals surface area contributed by atoms with E-state index in [1.165, 1.54) is 11.9 Å². The van der Waals surface area contributed by atoms with Crippen molar-refractivity contribution >= 4 is 29.2 Å². The van der Waals surface area contributed by atoms with Crippen molar-refractivity contribution in [1.82, 2.24) is 0 Å². The van der Waals surface area contributed by atoms with Crippen molar-refractivity contribution < 1.29 is 4.74 Å². The first kappa shape index (κ1) is 13.6. The number of ether oxygens (including phenoxy) is 1. The maximum Gasteiger partial charge on any atom is 0.142 e. The third-order valence-electron chi connectivity index (χ3n) is 2.42. The Bertz CT molecular complexity index is 608. The highest BCUT2D eigenvalue weighted by Gasteiger charge is 2.04. The predicted octanol–water partition coefficient (Wildman–Crippen LogP) is 4.34. The molecule has 0 spiro atoms. The van der Waals surface area contributed by atoms with Gasteiger partial charge in [0.05, 0.1) is 24.4 Å². The van der Waals surface area contributed by atoms with Crippen LogP contribution in [0, 0.1) is 11.3 Å². The van der Waals surface area contributed by atoms with Crippen molar-refractivity contribution in [3.8, 4) is 11.8 Å². The SMILES string of the molecule is COc1ccc(Cl)cc1NSc1ccc(C#N)cc1. The third kappa shape index (κ3) is 3.57. The Morgan fingerprint density at radius 3 is 2.58 bits per heavy atom. The fourth-order valence-electron chi connectivity index (χ4n) is 1.47. The number of benzene rings is 2. The molecule has 0 aliphatic carbocycles. The Labute approximate surface area is 121 Å². The number of nitrogens with zero attached hydrogens (tertiary/aromatic N) is 1. The number of nitriles is 1. The molecule has 0 bridgehead atoms. The molecule has 2 aromatic carbocycles. The molecule has 0 aliphatic rings. The number of anilines is 1. The Hall–Kier alpha value is -1.83. The van der Waals surface area contributed by atoms with Gasteiger partial charge in [0, 0.05) is 9.92 Å². The quantitative estimate of drug-likeness (QED) is 0.851. The standard InChI is InChI=1S/C14H11ClN2OS/c1-18-14-7-4-11(15)8-13(14)17-19-12-5-2-10(9-16)3-6-12/h2-8,17H,1H3. The van der Waals surface area contributed by atoms with Crippen LogP contribution in [-0.4, -0.2) is 7.11 Å². The van der Waals surface area contributed by atoms with Crippen molar-refractivity contribution in [2.45, 2.75) is 4.90 Å². The van der Waals surface area contributed by atoms with Crippen LogP contribution >= 0.6 is 23.5 Å². The Morgan fingerprint density at radius 2 is 1.95 bits per heavy atom. The Kier molecular flexibility index (Phi) is 4.56. The summed E-state index contributed by atoms with van der Waals surface area (Å²) in [4.78, 5) is 1.00. The van der Waals surface area contributed by atoms with Gasteiger partial charge in [-0.1, -0.05) is 11.6 Å². The van der Waals surface area contributed by atoms with E-state index in [1.807, 2.05) is 18.2 Å². The zero-order valence-electron chi connectivity index (χ0n) is 10.2. The van der Waals surface area contributed by atoms with Crippen LogP contribution in [-0.2, 0) is 0 Å². The highest BCUT2D eigenvalue weighted by molar-refractivity contribution is 8.00. The summed E-state index contributed by atoms with van der Waals surface area (Å²) in [6.07, 6.45) is 0. The first-order chi connectivity index (χ1) is 9.22.